The first-order valence-corrected chi connectivity index (χ1v) is 6.37. The highest BCUT2D eigenvalue weighted by Gasteiger charge is 2.06. The fourth-order valence-electron chi connectivity index (χ4n) is 1.36. The minimum absolute atomic E-state index is 0.165. The minimum atomic E-state index is 0.165. The maximum atomic E-state index is 5.58. The lowest BCUT2D eigenvalue weighted by atomic mass is 10.2. The molecule has 4 heteroatoms. The van der Waals surface area contributed by atoms with E-state index in [2.05, 4.69) is 29.1 Å². The molecular formula is C13H23N3O. The molecule has 0 aliphatic rings. The summed E-state index contributed by atoms with van der Waals surface area (Å²) in [6.45, 7) is 10.1. The van der Waals surface area contributed by atoms with Crippen LogP contribution in [-0.4, -0.2) is 22.6 Å². The molecule has 0 amide bonds. The van der Waals surface area contributed by atoms with Gasteiger partial charge in [-0.25, -0.2) is 9.97 Å². The third-order valence-corrected chi connectivity index (χ3v) is 2.68. The van der Waals surface area contributed by atoms with Crippen LogP contribution >= 0.6 is 0 Å². The Morgan fingerprint density at radius 2 is 2.18 bits per heavy atom. The van der Waals surface area contributed by atoms with Gasteiger partial charge in [0.05, 0.1) is 6.10 Å². The molecule has 0 aliphatic carbocycles. The van der Waals surface area contributed by atoms with Crippen LogP contribution < -0.4 is 10.1 Å². The number of ether oxygens (including phenoxy) is 1. The zero-order valence-corrected chi connectivity index (χ0v) is 11.3. The van der Waals surface area contributed by atoms with Crippen LogP contribution in [0.4, 0.5) is 0 Å². The highest BCUT2D eigenvalue weighted by molar-refractivity contribution is 5.17. The summed E-state index contributed by atoms with van der Waals surface area (Å²) >= 11 is 0. The van der Waals surface area contributed by atoms with Gasteiger partial charge < -0.3 is 10.1 Å². The van der Waals surface area contributed by atoms with Crippen LogP contribution in [0.25, 0.3) is 0 Å². The molecule has 1 unspecified atom stereocenters. The second-order valence-electron chi connectivity index (χ2n) is 4.28. The van der Waals surface area contributed by atoms with Gasteiger partial charge in [0.25, 0.3) is 0 Å². The van der Waals surface area contributed by atoms with Gasteiger partial charge in [-0.15, -0.1) is 0 Å². The lowest BCUT2D eigenvalue weighted by Gasteiger charge is -2.12. The molecule has 1 aromatic rings. The van der Waals surface area contributed by atoms with Gasteiger partial charge in [0.1, 0.15) is 0 Å². The number of aryl methyl sites for hydroxylation is 1. The molecule has 1 heterocycles. The van der Waals surface area contributed by atoms with Crippen LogP contribution in [0.5, 0.6) is 6.01 Å². The summed E-state index contributed by atoms with van der Waals surface area (Å²) in [5, 5.41) is 3.34. The van der Waals surface area contributed by atoms with Gasteiger partial charge in [-0.3, -0.25) is 0 Å². The summed E-state index contributed by atoms with van der Waals surface area (Å²) in [5.74, 6) is 0. The Kier molecular flexibility index (Phi) is 5.91. The Hall–Kier alpha value is -1.16. The van der Waals surface area contributed by atoms with E-state index in [4.69, 9.17) is 4.74 Å². The number of nitrogens with zero attached hydrogens (tertiary/aromatic N) is 2. The van der Waals surface area contributed by atoms with Crippen LogP contribution in [0.15, 0.2) is 6.20 Å². The molecule has 0 spiro atoms. The number of rotatable bonds is 7. The van der Waals surface area contributed by atoms with Crippen LogP contribution in [0.1, 0.15) is 44.9 Å². The first-order chi connectivity index (χ1) is 8.17. The summed E-state index contributed by atoms with van der Waals surface area (Å²) in [4.78, 5) is 8.60. The van der Waals surface area contributed by atoms with Crippen LogP contribution in [0.3, 0.4) is 0 Å². The van der Waals surface area contributed by atoms with Gasteiger partial charge in [0.2, 0.25) is 0 Å². The number of hydrogen-bond acceptors (Lipinski definition) is 4. The monoisotopic (exact) mass is 237 g/mol. The Morgan fingerprint density at radius 1 is 1.41 bits per heavy atom. The molecular weight excluding hydrogens is 214 g/mol. The average molecular weight is 237 g/mol. The lowest BCUT2D eigenvalue weighted by Crippen LogP contribution is -2.16. The summed E-state index contributed by atoms with van der Waals surface area (Å²) in [7, 11) is 0. The van der Waals surface area contributed by atoms with Crippen molar-refractivity contribution in [3.8, 4) is 6.01 Å². The van der Waals surface area contributed by atoms with E-state index in [-0.39, 0.29) is 6.10 Å². The highest BCUT2D eigenvalue weighted by Crippen LogP contribution is 2.10. The molecule has 0 saturated heterocycles. The minimum Gasteiger partial charge on any atom is -0.460 e. The zero-order chi connectivity index (χ0) is 12.7. The predicted octanol–water partition coefficient (Wildman–Crippen LogP) is 2.46. The summed E-state index contributed by atoms with van der Waals surface area (Å²) < 4.78 is 5.58. The molecule has 1 N–H and O–H groups in total. The summed E-state index contributed by atoms with van der Waals surface area (Å²) in [6.07, 6.45) is 4.11. The second kappa shape index (κ2) is 7.22. The van der Waals surface area contributed by atoms with Crippen molar-refractivity contribution in [2.24, 2.45) is 0 Å². The Bertz CT molecular complexity index is 341. The lowest BCUT2D eigenvalue weighted by molar-refractivity contribution is 0.198. The smallest absolute Gasteiger partial charge is 0.316 e. The molecule has 1 atom stereocenters. The average Bonchev–Trinajstić information content (AvgIpc) is 2.32. The Balaban J connectivity index is 2.59. The molecule has 96 valence electrons. The summed E-state index contributed by atoms with van der Waals surface area (Å²) in [6, 6.07) is 0.482. The molecule has 17 heavy (non-hydrogen) atoms. The standard InChI is InChI=1S/C13H23N3O/c1-5-7-14-8-12-9-15-13(16-11(12)4)17-10(3)6-2/h9-10,14H,5-8H2,1-4H3. The van der Waals surface area contributed by atoms with E-state index in [1.54, 1.807) is 0 Å². The number of nitrogens with one attached hydrogen (secondary N) is 1. The third kappa shape index (κ3) is 4.69. The first-order valence-electron chi connectivity index (χ1n) is 6.37. The van der Waals surface area contributed by atoms with E-state index in [9.17, 15) is 0 Å². The normalized spacial score (nSPS) is 12.5. The molecule has 0 saturated carbocycles. The molecule has 1 aromatic heterocycles. The number of aromatic nitrogens is 2. The highest BCUT2D eigenvalue weighted by atomic mass is 16.5. The predicted molar refractivity (Wildman–Crippen MR) is 69.1 cm³/mol. The number of hydrogen-bond donors (Lipinski definition) is 1. The van der Waals surface area contributed by atoms with Gasteiger partial charge in [-0.1, -0.05) is 13.8 Å². The van der Waals surface area contributed by atoms with E-state index >= 15 is 0 Å². The van der Waals surface area contributed by atoms with E-state index in [1.807, 2.05) is 20.0 Å². The van der Waals surface area contributed by atoms with Gasteiger partial charge >= 0.3 is 6.01 Å². The van der Waals surface area contributed by atoms with Crippen molar-refractivity contribution in [3.63, 3.8) is 0 Å². The van der Waals surface area contributed by atoms with Crippen LogP contribution in [-0.2, 0) is 6.54 Å². The molecule has 0 bridgehead atoms. The van der Waals surface area contributed by atoms with Crippen molar-refractivity contribution < 1.29 is 4.74 Å². The molecule has 0 aliphatic heterocycles. The van der Waals surface area contributed by atoms with Gasteiger partial charge in [0.15, 0.2) is 0 Å². The van der Waals surface area contributed by atoms with E-state index < -0.39 is 0 Å². The maximum Gasteiger partial charge on any atom is 0.316 e. The quantitative estimate of drug-likeness (QED) is 0.740. The van der Waals surface area contributed by atoms with Gasteiger partial charge in [-0.2, -0.15) is 0 Å². The fourth-order valence-corrected chi connectivity index (χ4v) is 1.36. The maximum absolute atomic E-state index is 5.58. The van der Waals surface area contributed by atoms with E-state index in [0.29, 0.717) is 6.01 Å². The first kappa shape index (κ1) is 13.9. The van der Waals surface area contributed by atoms with Crippen molar-refractivity contribution in [1.29, 1.82) is 0 Å². The van der Waals surface area contributed by atoms with Gasteiger partial charge in [0, 0.05) is 24.0 Å². The second-order valence-corrected chi connectivity index (χ2v) is 4.28. The fraction of sp³-hybridized carbons (Fsp3) is 0.692. The molecule has 1 rings (SSSR count). The summed E-state index contributed by atoms with van der Waals surface area (Å²) in [5.41, 5.74) is 2.12. The van der Waals surface area contributed by atoms with Crippen molar-refractivity contribution in [2.45, 2.75) is 53.2 Å². The molecule has 0 aromatic carbocycles. The van der Waals surface area contributed by atoms with Crippen LogP contribution in [0.2, 0.25) is 0 Å². The topological polar surface area (TPSA) is 47.0 Å². The Labute approximate surface area is 104 Å². The van der Waals surface area contributed by atoms with Crippen molar-refractivity contribution in [1.82, 2.24) is 15.3 Å². The zero-order valence-electron chi connectivity index (χ0n) is 11.3. The molecule has 0 fully saturated rings. The third-order valence-electron chi connectivity index (χ3n) is 2.68. The van der Waals surface area contributed by atoms with Crippen molar-refractivity contribution in [3.05, 3.63) is 17.5 Å². The van der Waals surface area contributed by atoms with E-state index in [1.165, 1.54) is 0 Å². The largest absolute Gasteiger partial charge is 0.460 e. The van der Waals surface area contributed by atoms with Crippen molar-refractivity contribution >= 4 is 0 Å². The van der Waals surface area contributed by atoms with Crippen molar-refractivity contribution in [2.75, 3.05) is 6.54 Å². The van der Waals surface area contributed by atoms with Gasteiger partial charge in [-0.05, 0) is 33.2 Å². The Morgan fingerprint density at radius 3 is 2.76 bits per heavy atom. The SMILES string of the molecule is CCCNCc1cnc(OC(C)CC)nc1C. The van der Waals surface area contributed by atoms with Crippen LogP contribution in [0, 0.1) is 6.92 Å². The molecule has 4 nitrogen and oxygen atoms in total. The molecule has 0 radical (unpaired) electrons. The van der Waals surface area contributed by atoms with E-state index in [0.717, 1.165) is 37.2 Å².